The maximum atomic E-state index is 10.1. The van der Waals surface area contributed by atoms with Crippen molar-refractivity contribution in [2.75, 3.05) is 20.3 Å². The van der Waals surface area contributed by atoms with E-state index in [1.807, 2.05) is 17.9 Å². The zero-order valence-corrected chi connectivity index (χ0v) is 13.5. The van der Waals surface area contributed by atoms with Gasteiger partial charge in [-0.1, -0.05) is 0 Å². The van der Waals surface area contributed by atoms with Crippen molar-refractivity contribution in [3.05, 3.63) is 29.5 Å². The Morgan fingerprint density at radius 1 is 1.32 bits per heavy atom. The van der Waals surface area contributed by atoms with E-state index >= 15 is 0 Å². The van der Waals surface area contributed by atoms with Crippen LogP contribution in [0.4, 0.5) is 0 Å². The van der Waals surface area contributed by atoms with Crippen molar-refractivity contribution in [3.63, 3.8) is 0 Å². The number of hydrogen-bond acceptors (Lipinski definition) is 4. The van der Waals surface area contributed by atoms with Crippen LogP contribution in [0, 0.1) is 0 Å². The number of rotatable bonds is 5. The van der Waals surface area contributed by atoms with Crippen molar-refractivity contribution in [1.29, 1.82) is 0 Å². The Kier molecular flexibility index (Phi) is 4.38. The monoisotopic (exact) mass is 304 g/mol. The van der Waals surface area contributed by atoms with Gasteiger partial charge in [0.25, 0.3) is 0 Å². The highest BCUT2D eigenvalue weighted by Crippen LogP contribution is 2.33. The van der Waals surface area contributed by atoms with Crippen molar-refractivity contribution < 1.29 is 14.6 Å². The summed E-state index contributed by atoms with van der Waals surface area (Å²) in [6.07, 6.45) is 0.0982. The molecule has 0 saturated heterocycles. The van der Waals surface area contributed by atoms with Gasteiger partial charge in [0.1, 0.15) is 5.75 Å². The minimum atomic E-state index is -0.823. The first-order chi connectivity index (χ1) is 10.7. The van der Waals surface area contributed by atoms with Gasteiger partial charge < -0.3 is 19.1 Å². The first-order valence-corrected chi connectivity index (χ1v) is 7.91. The molecule has 1 aromatic heterocycles. The predicted octanol–water partition coefficient (Wildman–Crippen LogP) is 2.34. The van der Waals surface area contributed by atoms with Gasteiger partial charge in [-0.25, -0.2) is 0 Å². The summed E-state index contributed by atoms with van der Waals surface area (Å²) in [5.74, 6) is 0.878. The molecular weight excluding hydrogens is 280 g/mol. The van der Waals surface area contributed by atoms with Gasteiger partial charge in [-0.3, -0.25) is 4.90 Å². The number of hydrogen-bond donors (Lipinski definition) is 1. The molecule has 1 aromatic carbocycles. The molecule has 1 aliphatic rings. The highest BCUT2D eigenvalue weighted by Gasteiger charge is 2.27. The van der Waals surface area contributed by atoms with E-state index < -0.39 is 6.41 Å². The summed E-state index contributed by atoms with van der Waals surface area (Å²) in [5, 5.41) is 11.3. The van der Waals surface area contributed by atoms with E-state index in [4.69, 9.17) is 9.47 Å². The second kappa shape index (κ2) is 6.28. The second-order valence-corrected chi connectivity index (χ2v) is 5.55. The molecule has 120 valence electrons. The summed E-state index contributed by atoms with van der Waals surface area (Å²) < 4.78 is 13.1. The second-order valence-electron chi connectivity index (χ2n) is 5.55. The quantitative estimate of drug-likeness (QED) is 0.861. The number of aliphatic hydroxyl groups excluding tert-OH is 1. The van der Waals surface area contributed by atoms with Gasteiger partial charge in [-0.15, -0.1) is 0 Å². The first-order valence-electron chi connectivity index (χ1n) is 7.91. The Hall–Kier alpha value is -1.56. The lowest BCUT2D eigenvalue weighted by atomic mass is 10.0. The molecule has 0 aliphatic carbocycles. The van der Waals surface area contributed by atoms with Crippen LogP contribution in [0.2, 0.25) is 0 Å². The molecule has 1 N–H and O–H groups in total. The van der Waals surface area contributed by atoms with Gasteiger partial charge in [-0.2, -0.15) is 0 Å². The van der Waals surface area contributed by atoms with Crippen LogP contribution >= 0.6 is 0 Å². The Morgan fingerprint density at radius 2 is 2.14 bits per heavy atom. The molecule has 2 aromatic rings. The van der Waals surface area contributed by atoms with Crippen molar-refractivity contribution in [3.8, 4) is 5.75 Å². The van der Waals surface area contributed by atoms with Gasteiger partial charge in [0, 0.05) is 49.8 Å². The summed E-state index contributed by atoms with van der Waals surface area (Å²) in [4.78, 5) is 1.98. The van der Waals surface area contributed by atoms with E-state index in [2.05, 4.69) is 23.6 Å². The molecular formula is C17H24N2O3. The van der Waals surface area contributed by atoms with Crippen LogP contribution in [-0.4, -0.2) is 41.2 Å². The van der Waals surface area contributed by atoms with Gasteiger partial charge >= 0.3 is 0 Å². The van der Waals surface area contributed by atoms with Crippen molar-refractivity contribution in [2.24, 2.45) is 0 Å². The van der Waals surface area contributed by atoms with Crippen LogP contribution in [-0.2, 0) is 24.2 Å². The third kappa shape index (κ3) is 2.49. The standard InChI is InChI=1S/C17H24N2O3/c1-4-19-15-8-9-18(17(20)22-5-2)11-14(15)13-7-6-12(21-3)10-16(13)19/h6-7,10,17,20H,4-5,8-9,11H2,1-3H3. The molecule has 22 heavy (non-hydrogen) atoms. The molecule has 0 fully saturated rings. The molecule has 1 atom stereocenters. The maximum Gasteiger partial charge on any atom is 0.216 e. The highest BCUT2D eigenvalue weighted by atomic mass is 16.6. The maximum absolute atomic E-state index is 10.1. The molecule has 2 heterocycles. The topological polar surface area (TPSA) is 46.9 Å². The van der Waals surface area contributed by atoms with Crippen LogP contribution in [0.3, 0.4) is 0 Å². The van der Waals surface area contributed by atoms with Crippen molar-refractivity contribution in [1.82, 2.24) is 9.47 Å². The SMILES string of the molecule is CCOC(O)N1CCc2c(c3ccc(OC)cc3n2CC)C1. The number of aryl methyl sites for hydroxylation is 1. The largest absolute Gasteiger partial charge is 0.497 e. The lowest BCUT2D eigenvalue weighted by Gasteiger charge is -2.31. The normalized spacial score (nSPS) is 16.7. The van der Waals surface area contributed by atoms with Gasteiger partial charge in [-0.05, 0) is 31.5 Å². The lowest BCUT2D eigenvalue weighted by Crippen LogP contribution is -2.41. The van der Waals surface area contributed by atoms with E-state index in [0.717, 1.165) is 25.3 Å². The summed E-state index contributed by atoms with van der Waals surface area (Å²) in [6.45, 7) is 7.04. The van der Waals surface area contributed by atoms with Gasteiger partial charge in [0.15, 0.2) is 0 Å². The van der Waals surface area contributed by atoms with Crippen LogP contribution in [0.1, 0.15) is 25.1 Å². The zero-order valence-electron chi connectivity index (χ0n) is 13.5. The summed E-state index contributed by atoms with van der Waals surface area (Å²) in [6, 6.07) is 6.22. The summed E-state index contributed by atoms with van der Waals surface area (Å²) >= 11 is 0. The van der Waals surface area contributed by atoms with Crippen LogP contribution in [0.5, 0.6) is 5.75 Å². The van der Waals surface area contributed by atoms with Gasteiger partial charge in [0.2, 0.25) is 6.41 Å². The predicted molar refractivity (Wildman–Crippen MR) is 85.9 cm³/mol. The molecule has 0 radical (unpaired) electrons. The average Bonchev–Trinajstić information content (AvgIpc) is 2.86. The van der Waals surface area contributed by atoms with Gasteiger partial charge in [0.05, 0.1) is 12.6 Å². The molecule has 0 bridgehead atoms. The molecule has 0 saturated carbocycles. The number of nitrogens with zero attached hydrogens (tertiary/aromatic N) is 2. The minimum Gasteiger partial charge on any atom is -0.497 e. The average molecular weight is 304 g/mol. The third-order valence-electron chi connectivity index (χ3n) is 4.44. The van der Waals surface area contributed by atoms with Crippen LogP contribution in [0.15, 0.2) is 18.2 Å². The molecule has 1 aliphatic heterocycles. The first kappa shape index (κ1) is 15.3. The summed E-state index contributed by atoms with van der Waals surface area (Å²) in [7, 11) is 1.69. The number of aromatic nitrogens is 1. The Bertz CT molecular complexity index is 665. The fourth-order valence-corrected chi connectivity index (χ4v) is 3.38. The number of ether oxygens (including phenoxy) is 2. The lowest BCUT2D eigenvalue weighted by molar-refractivity contribution is -0.195. The van der Waals surface area contributed by atoms with E-state index in [0.29, 0.717) is 13.2 Å². The van der Waals surface area contributed by atoms with Crippen molar-refractivity contribution in [2.45, 2.75) is 39.8 Å². The van der Waals surface area contributed by atoms with Crippen LogP contribution in [0.25, 0.3) is 10.9 Å². The van der Waals surface area contributed by atoms with Crippen molar-refractivity contribution >= 4 is 10.9 Å². The molecule has 0 amide bonds. The number of fused-ring (bicyclic) bond motifs is 3. The minimum absolute atomic E-state index is 0.512. The van der Waals surface area contributed by atoms with E-state index in [1.54, 1.807) is 7.11 Å². The highest BCUT2D eigenvalue weighted by molar-refractivity contribution is 5.87. The fourth-order valence-electron chi connectivity index (χ4n) is 3.38. The summed E-state index contributed by atoms with van der Waals surface area (Å²) in [5.41, 5.74) is 3.87. The van der Waals surface area contributed by atoms with E-state index in [-0.39, 0.29) is 0 Å². The van der Waals surface area contributed by atoms with E-state index in [1.165, 1.54) is 22.2 Å². The Labute approximate surface area is 131 Å². The molecule has 5 heteroatoms. The molecule has 3 rings (SSSR count). The zero-order chi connectivity index (χ0) is 15.7. The third-order valence-corrected chi connectivity index (χ3v) is 4.44. The fraction of sp³-hybridized carbons (Fsp3) is 0.529. The Balaban J connectivity index is 2.03. The number of benzene rings is 1. The number of methoxy groups -OCH3 is 1. The number of aliphatic hydroxyl groups is 1. The van der Waals surface area contributed by atoms with E-state index in [9.17, 15) is 5.11 Å². The smallest absolute Gasteiger partial charge is 0.216 e. The van der Waals surface area contributed by atoms with Crippen LogP contribution < -0.4 is 4.74 Å². The molecule has 1 unspecified atom stereocenters. The molecule has 0 spiro atoms. The molecule has 5 nitrogen and oxygen atoms in total. The Morgan fingerprint density at radius 3 is 2.82 bits per heavy atom.